The Labute approximate surface area is 103 Å². The monoisotopic (exact) mass is 310 g/mol. The molecule has 0 heterocycles. The lowest BCUT2D eigenvalue weighted by molar-refractivity contribution is 0.230. The van der Waals surface area contributed by atoms with E-state index in [-0.39, 0.29) is 13.2 Å². The topological polar surface area (TPSA) is 35.5 Å². The van der Waals surface area contributed by atoms with Gasteiger partial charge in [-0.1, -0.05) is 0 Å². The zero-order valence-electron chi connectivity index (χ0n) is 9.07. The Morgan fingerprint density at radius 2 is 1.88 bits per heavy atom. The molecule has 90 valence electrons. The molecule has 0 aromatic heterocycles. The van der Waals surface area contributed by atoms with Crippen LogP contribution < -0.4 is 5.30 Å². The minimum atomic E-state index is -3.34. The zero-order chi connectivity index (χ0) is 12.2. The van der Waals surface area contributed by atoms with Crippen LogP contribution in [-0.2, 0) is 13.6 Å². The molecular formula is C10H13BrFO3P. The largest absolute Gasteiger partial charge is 0.362 e. The molecule has 0 aliphatic heterocycles. The fourth-order valence-electron chi connectivity index (χ4n) is 1.22. The Balaban J connectivity index is 3.15. The molecule has 1 aromatic carbocycles. The van der Waals surface area contributed by atoms with Crippen molar-refractivity contribution < 1.29 is 18.0 Å². The van der Waals surface area contributed by atoms with Crippen molar-refractivity contribution in [3.05, 3.63) is 28.5 Å². The number of benzene rings is 1. The summed E-state index contributed by atoms with van der Waals surface area (Å²) in [6.07, 6.45) is 0. The van der Waals surface area contributed by atoms with Crippen molar-refractivity contribution in [1.29, 1.82) is 0 Å². The lowest BCUT2D eigenvalue weighted by Crippen LogP contribution is -2.12. The second-order valence-corrected chi connectivity index (χ2v) is 5.78. The van der Waals surface area contributed by atoms with Crippen LogP contribution in [0.2, 0.25) is 0 Å². The minimum Gasteiger partial charge on any atom is -0.305 e. The van der Waals surface area contributed by atoms with Crippen LogP contribution in [-0.4, -0.2) is 13.2 Å². The fourth-order valence-corrected chi connectivity index (χ4v) is 3.84. The summed E-state index contributed by atoms with van der Waals surface area (Å²) in [5.74, 6) is -0.407. The maximum absolute atomic E-state index is 12.9. The van der Waals surface area contributed by atoms with E-state index in [1.165, 1.54) is 18.2 Å². The van der Waals surface area contributed by atoms with E-state index in [1.807, 2.05) is 0 Å². The van der Waals surface area contributed by atoms with Crippen LogP contribution in [0.1, 0.15) is 13.8 Å². The van der Waals surface area contributed by atoms with Crippen molar-refractivity contribution >= 4 is 28.8 Å². The highest BCUT2D eigenvalue weighted by Crippen LogP contribution is 2.48. The summed E-state index contributed by atoms with van der Waals surface area (Å²) in [6, 6.07) is 3.87. The smallest absolute Gasteiger partial charge is 0.305 e. The van der Waals surface area contributed by atoms with Gasteiger partial charge in [0.1, 0.15) is 5.82 Å². The van der Waals surface area contributed by atoms with Gasteiger partial charge in [0.05, 0.1) is 18.5 Å². The highest BCUT2D eigenvalue weighted by molar-refractivity contribution is 9.10. The van der Waals surface area contributed by atoms with E-state index in [9.17, 15) is 8.96 Å². The van der Waals surface area contributed by atoms with Gasteiger partial charge in [-0.3, -0.25) is 4.57 Å². The average molecular weight is 311 g/mol. The highest BCUT2D eigenvalue weighted by Gasteiger charge is 2.29. The molecule has 0 aliphatic rings. The second-order valence-electron chi connectivity index (χ2n) is 2.93. The normalized spacial score (nSPS) is 11.8. The molecular weight excluding hydrogens is 298 g/mol. The van der Waals surface area contributed by atoms with Crippen molar-refractivity contribution in [2.24, 2.45) is 0 Å². The van der Waals surface area contributed by atoms with E-state index >= 15 is 0 Å². The third-order valence-electron chi connectivity index (χ3n) is 1.80. The van der Waals surface area contributed by atoms with Crippen LogP contribution in [0, 0.1) is 5.82 Å². The molecule has 0 bridgehead atoms. The predicted octanol–water partition coefficient (Wildman–Crippen LogP) is 3.48. The third kappa shape index (κ3) is 3.14. The quantitative estimate of drug-likeness (QED) is 0.781. The van der Waals surface area contributed by atoms with E-state index in [2.05, 4.69) is 15.9 Å². The SMILES string of the molecule is CCOP(=O)(OCC)c1ccc(F)cc1Br. The maximum atomic E-state index is 12.9. The molecule has 16 heavy (non-hydrogen) atoms. The van der Waals surface area contributed by atoms with E-state index in [1.54, 1.807) is 13.8 Å². The standard InChI is InChI=1S/C10H13BrFO3P/c1-3-14-16(13,15-4-2)10-6-5-8(12)7-9(10)11/h5-7H,3-4H2,1-2H3. The molecule has 6 heteroatoms. The lowest BCUT2D eigenvalue weighted by Gasteiger charge is -2.18. The van der Waals surface area contributed by atoms with Gasteiger partial charge in [-0.15, -0.1) is 0 Å². The van der Waals surface area contributed by atoms with Crippen LogP contribution in [0.15, 0.2) is 22.7 Å². The Morgan fingerprint density at radius 1 is 1.31 bits per heavy atom. The second kappa shape index (κ2) is 5.92. The molecule has 0 spiro atoms. The van der Waals surface area contributed by atoms with Gasteiger partial charge in [-0.2, -0.15) is 0 Å². The van der Waals surface area contributed by atoms with E-state index < -0.39 is 13.4 Å². The van der Waals surface area contributed by atoms with Crippen molar-refractivity contribution in [2.75, 3.05) is 13.2 Å². The fraction of sp³-hybridized carbons (Fsp3) is 0.400. The minimum absolute atomic E-state index is 0.265. The Morgan fingerprint density at radius 3 is 2.31 bits per heavy atom. The first-order valence-electron chi connectivity index (χ1n) is 4.88. The summed E-state index contributed by atoms with van der Waals surface area (Å²) >= 11 is 3.15. The lowest BCUT2D eigenvalue weighted by atomic mass is 10.3. The van der Waals surface area contributed by atoms with Crippen molar-refractivity contribution in [2.45, 2.75) is 13.8 Å². The number of hydrogen-bond acceptors (Lipinski definition) is 3. The molecule has 0 saturated carbocycles. The maximum Gasteiger partial charge on any atom is 0.362 e. The van der Waals surface area contributed by atoms with Gasteiger partial charge in [-0.05, 0) is 48.0 Å². The molecule has 0 N–H and O–H groups in total. The molecule has 0 atom stereocenters. The Bertz CT molecular complexity index is 401. The average Bonchev–Trinajstić information content (AvgIpc) is 2.17. The van der Waals surface area contributed by atoms with Gasteiger partial charge in [0.2, 0.25) is 0 Å². The molecule has 1 aromatic rings. The summed E-state index contributed by atoms with van der Waals surface area (Å²) in [6.45, 7) is 3.98. The first-order valence-corrected chi connectivity index (χ1v) is 7.21. The molecule has 0 amide bonds. The summed E-state index contributed by atoms with van der Waals surface area (Å²) in [7, 11) is -3.34. The molecule has 0 unspecified atom stereocenters. The van der Waals surface area contributed by atoms with E-state index in [0.717, 1.165) is 0 Å². The summed E-state index contributed by atoms with van der Waals surface area (Å²) in [5, 5.41) is 0.345. The Hall–Kier alpha value is -0.220. The summed E-state index contributed by atoms with van der Waals surface area (Å²) < 4.78 is 36.0. The number of hydrogen-bond donors (Lipinski definition) is 0. The molecule has 0 aliphatic carbocycles. The third-order valence-corrected chi connectivity index (χ3v) is 4.94. The van der Waals surface area contributed by atoms with Gasteiger partial charge in [0, 0.05) is 4.47 Å². The molecule has 0 radical (unpaired) electrons. The first kappa shape index (κ1) is 13.8. The molecule has 0 fully saturated rings. The van der Waals surface area contributed by atoms with Gasteiger partial charge < -0.3 is 9.05 Å². The van der Waals surface area contributed by atoms with Gasteiger partial charge in [-0.25, -0.2) is 4.39 Å². The molecule has 3 nitrogen and oxygen atoms in total. The molecule has 1 rings (SSSR count). The summed E-state index contributed by atoms with van der Waals surface area (Å²) in [4.78, 5) is 0. The van der Waals surface area contributed by atoms with E-state index in [0.29, 0.717) is 9.78 Å². The van der Waals surface area contributed by atoms with Crippen molar-refractivity contribution in [3.63, 3.8) is 0 Å². The predicted molar refractivity (Wildman–Crippen MR) is 64.6 cm³/mol. The summed E-state index contributed by atoms with van der Waals surface area (Å²) in [5.41, 5.74) is 0. The van der Waals surface area contributed by atoms with Crippen molar-refractivity contribution in [3.8, 4) is 0 Å². The van der Waals surface area contributed by atoms with Gasteiger partial charge in [0.15, 0.2) is 0 Å². The van der Waals surface area contributed by atoms with Gasteiger partial charge in [0.25, 0.3) is 0 Å². The van der Waals surface area contributed by atoms with Crippen LogP contribution in [0.5, 0.6) is 0 Å². The Kier molecular flexibility index (Phi) is 5.12. The van der Waals surface area contributed by atoms with E-state index in [4.69, 9.17) is 9.05 Å². The van der Waals surface area contributed by atoms with Crippen LogP contribution in [0.25, 0.3) is 0 Å². The van der Waals surface area contributed by atoms with Crippen LogP contribution >= 0.6 is 23.5 Å². The van der Waals surface area contributed by atoms with Crippen molar-refractivity contribution in [1.82, 2.24) is 0 Å². The first-order chi connectivity index (χ1) is 7.53. The number of rotatable bonds is 5. The number of halogens is 2. The molecule has 0 saturated heterocycles. The van der Waals surface area contributed by atoms with Gasteiger partial charge >= 0.3 is 7.60 Å². The van der Waals surface area contributed by atoms with Crippen LogP contribution in [0.3, 0.4) is 0 Å². The van der Waals surface area contributed by atoms with Crippen LogP contribution in [0.4, 0.5) is 4.39 Å². The zero-order valence-corrected chi connectivity index (χ0v) is 11.6. The highest BCUT2D eigenvalue weighted by atomic mass is 79.9.